The molecule has 0 saturated carbocycles. The van der Waals surface area contributed by atoms with Crippen molar-refractivity contribution in [1.29, 1.82) is 0 Å². The van der Waals surface area contributed by atoms with E-state index in [-0.39, 0.29) is 11.9 Å². The molecule has 0 amide bonds. The van der Waals surface area contributed by atoms with Gasteiger partial charge in [-0.25, -0.2) is 0 Å². The van der Waals surface area contributed by atoms with Crippen molar-refractivity contribution >= 4 is 33.5 Å². The largest absolute Gasteiger partial charge is 0.424 e. The summed E-state index contributed by atoms with van der Waals surface area (Å²) in [6.45, 7) is 0. The smallest absolute Gasteiger partial charge is 0.323 e. The van der Waals surface area contributed by atoms with Gasteiger partial charge in [-0.2, -0.15) is 0 Å². The van der Waals surface area contributed by atoms with E-state index < -0.39 is 0 Å². The van der Waals surface area contributed by atoms with Crippen LogP contribution in [0.3, 0.4) is 0 Å². The Morgan fingerprint density at radius 3 is 2.56 bits per heavy atom. The van der Waals surface area contributed by atoms with Gasteiger partial charge in [-0.1, -0.05) is 35.9 Å². The van der Waals surface area contributed by atoms with Gasteiger partial charge in [-0.05, 0) is 39.7 Å². The molecule has 1 unspecified atom stereocenters. The third kappa shape index (κ3) is 1.84. The van der Waals surface area contributed by atoms with Crippen molar-refractivity contribution in [3.05, 3.63) is 63.1 Å². The molecule has 2 nitrogen and oxygen atoms in total. The third-order valence-corrected chi connectivity index (χ3v) is 3.83. The fraction of sp³-hybridized carbons (Fsp3) is 0.0714. The van der Waals surface area contributed by atoms with Crippen LogP contribution in [0.5, 0.6) is 5.75 Å². The van der Waals surface area contributed by atoms with E-state index in [0.29, 0.717) is 10.8 Å². The van der Waals surface area contributed by atoms with E-state index in [1.807, 2.05) is 30.3 Å². The molecule has 3 rings (SSSR count). The lowest BCUT2D eigenvalue weighted by Gasteiger charge is -2.07. The Hall–Kier alpha value is -1.32. The Bertz CT molecular complexity index is 622. The van der Waals surface area contributed by atoms with Gasteiger partial charge in [0.1, 0.15) is 11.7 Å². The lowest BCUT2D eigenvalue weighted by molar-refractivity contribution is -0.133. The van der Waals surface area contributed by atoms with Gasteiger partial charge < -0.3 is 4.74 Å². The molecular weight excluding hydrogens is 316 g/mol. The van der Waals surface area contributed by atoms with Gasteiger partial charge in [0.25, 0.3) is 0 Å². The average molecular weight is 324 g/mol. The molecule has 4 heteroatoms. The molecule has 1 aliphatic rings. The van der Waals surface area contributed by atoms with Crippen LogP contribution in [0.4, 0.5) is 0 Å². The van der Waals surface area contributed by atoms with E-state index in [1.54, 1.807) is 12.1 Å². The summed E-state index contributed by atoms with van der Waals surface area (Å²) in [6.07, 6.45) is 0. The molecule has 0 radical (unpaired) electrons. The van der Waals surface area contributed by atoms with Gasteiger partial charge >= 0.3 is 5.97 Å². The molecule has 0 aromatic heterocycles. The standard InChI is InChI=1S/C14H8BrClO2/c15-11-3-1-2-10-12(14(17)18-13(10)11)8-4-6-9(16)7-5-8/h1-7,12H. The summed E-state index contributed by atoms with van der Waals surface area (Å²) in [6, 6.07) is 12.9. The van der Waals surface area contributed by atoms with E-state index in [0.717, 1.165) is 15.6 Å². The molecule has 0 N–H and O–H groups in total. The molecule has 18 heavy (non-hydrogen) atoms. The topological polar surface area (TPSA) is 26.3 Å². The van der Waals surface area contributed by atoms with E-state index in [1.165, 1.54) is 0 Å². The highest BCUT2D eigenvalue weighted by molar-refractivity contribution is 9.10. The van der Waals surface area contributed by atoms with Crippen molar-refractivity contribution in [1.82, 2.24) is 0 Å². The lowest BCUT2D eigenvalue weighted by atomic mass is 9.93. The molecule has 0 fully saturated rings. The maximum atomic E-state index is 12.0. The first-order valence-corrected chi connectivity index (χ1v) is 6.59. The molecule has 0 aliphatic carbocycles. The molecular formula is C14H8BrClO2. The van der Waals surface area contributed by atoms with Crippen LogP contribution >= 0.6 is 27.5 Å². The first-order valence-electron chi connectivity index (χ1n) is 5.42. The van der Waals surface area contributed by atoms with Crippen molar-refractivity contribution < 1.29 is 9.53 Å². The van der Waals surface area contributed by atoms with Crippen LogP contribution in [0.2, 0.25) is 5.02 Å². The second-order valence-electron chi connectivity index (χ2n) is 4.06. The Balaban J connectivity index is 2.12. The highest BCUT2D eigenvalue weighted by atomic mass is 79.9. The first kappa shape index (κ1) is 11.8. The van der Waals surface area contributed by atoms with E-state index in [4.69, 9.17) is 16.3 Å². The second kappa shape index (κ2) is 4.41. The number of hydrogen-bond acceptors (Lipinski definition) is 2. The number of hydrogen-bond donors (Lipinski definition) is 0. The zero-order valence-corrected chi connectivity index (χ0v) is 11.5. The highest BCUT2D eigenvalue weighted by Gasteiger charge is 2.35. The van der Waals surface area contributed by atoms with Gasteiger partial charge in [-0.3, -0.25) is 4.79 Å². The summed E-state index contributed by atoms with van der Waals surface area (Å²) in [7, 11) is 0. The summed E-state index contributed by atoms with van der Waals surface area (Å²) in [4.78, 5) is 12.0. The summed E-state index contributed by atoms with van der Waals surface area (Å²) >= 11 is 9.24. The number of esters is 1. The van der Waals surface area contributed by atoms with Crippen molar-refractivity contribution in [3.8, 4) is 5.75 Å². The first-order chi connectivity index (χ1) is 8.66. The van der Waals surface area contributed by atoms with Crippen LogP contribution in [0.1, 0.15) is 17.0 Å². The van der Waals surface area contributed by atoms with Crippen molar-refractivity contribution in [2.45, 2.75) is 5.92 Å². The Morgan fingerprint density at radius 1 is 1.11 bits per heavy atom. The predicted molar refractivity (Wildman–Crippen MR) is 73.1 cm³/mol. The van der Waals surface area contributed by atoms with Gasteiger partial charge in [0.2, 0.25) is 0 Å². The van der Waals surface area contributed by atoms with Crippen LogP contribution in [-0.4, -0.2) is 5.97 Å². The van der Waals surface area contributed by atoms with Gasteiger partial charge in [-0.15, -0.1) is 0 Å². The molecule has 0 spiro atoms. The van der Waals surface area contributed by atoms with Crippen LogP contribution < -0.4 is 4.74 Å². The Labute approximate surface area is 118 Å². The van der Waals surface area contributed by atoms with Crippen LogP contribution in [0, 0.1) is 0 Å². The highest BCUT2D eigenvalue weighted by Crippen LogP contribution is 2.43. The number of rotatable bonds is 1. The van der Waals surface area contributed by atoms with E-state index in [2.05, 4.69) is 15.9 Å². The predicted octanol–water partition coefficient (Wildman–Crippen LogP) is 4.15. The van der Waals surface area contributed by atoms with Crippen LogP contribution in [-0.2, 0) is 4.79 Å². The molecule has 2 aromatic carbocycles. The molecule has 0 bridgehead atoms. The third-order valence-electron chi connectivity index (χ3n) is 2.95. The normalized spacial score (nSPS) is 17.4. The second-order valence-corrected chi connectivity index (χ2v) is 5.35. The summed E-state index contributed by atoms with van der Waals surface area (Å²) in [5.41, 5.74) is 1.78. The molecule has 2 aromatic rings. The number of ether oxygens (including phenoxy) is 1. The number of carbonyl (C=O) groups excluding carboxylic acids is 1. The minimum atomic E-state index is -0.366. The summed E-state index contributed by atoms with van der Waals surface area (Å²) in [5, 5.41) is 0.652. The average Bonchev–Trinajstić information content (AvgIpc) is 2.69. The number of fused-ring (bicyclic) bond motifs is 1. The number of benzene rings is 2. The molecule has 90 valence electrons. The van der Waals surface area contributed by atoms with Crippen LogP contribution in [0.25, 0.3) is 0 Å². The molecule has 1 atom stereocenters. The zero-order valence-electron chi connectivity index (χ0n) is 9.19. The number of carbonyl (C=O) groups is 1. The van der Waals surface area contributed by atoms with Crippen LogP contribution in [0.15, 0.2) is 46.9 Å². The maximum Gasteiger partial charge on any atom is 0.323 e. The Kier molecular flexibility index (Phi) is 2.88. The summed E-state index contributed by atoms with van der Waals surface area (Å²) < 4.78 is 6.11. The van der Waals surface area contributed by atoms with E-state index >= 15 is 0 Å². The Morgan fingerprint density at radius 2 is 1.83 bits per heavy atom. The fourth-order valence-corrected chi connectivity index (χ4v) is 2.71. The number of halogens is 2. The lowest BCUT2D eigenvalue weighted by Crippen LogP contribution is -2.11. The monoisotopic (exact) mass is 322 g/mol. The summed E-state index contributed by atoms with van der Waals surface area (Å²) in [5.74, 6) is -0.00330. The zero-order chi connectivity index (χ0) is 12.7. The van der Waals surface area contributed by atoms with E-state index in [9.17, 15) is 4.79 Å². The molecule has 1 heterocycles. The minimum Gasteiger partial charge on any atom is -0.424 e. The minimum absolute atomic E-state index is 0.251. The quantitative estimate of drug-likeness (QED) is 0.582. The fourth-order valence-electron chi connectivity index (χ4n) is 2.12. The van der Waals surface area contributed by atoms with Gasteiger partial charge in [0.05, 0.1) is 4.47 Å². The molecule has 0 saturated heterocycles. The number of para-hydroxylation sites is 1. The van der Waals surface area contributed by atoms with Crippen molar-refractivity contribution in [3.63, 3.8) is 0 Å². The SMILES string of the molecule is O=C1Oc2c(Br)cccc2C1c1ccc(Cl)cc1. The van der Waals surface area contributed by atoms with Gasteiger partial charge in [0.15, 0.2) is 0 Å². The van der Waals surface area contributed by atoms with Gasteiger partial charge in [0, 0.05) is 10.6 Å². The van der Waals surface area contributed by atoms with Crippen molar-refractivity contribution in [2.24, 2.45) is 0 Å². The maximum absolute atomic E-state index is 12.0. The molecule has 1 aliphatic heterocycles. The van der Waals surface area contributed by atoms with Crippen molar-refractivity contribution in [2.75, 3.05) is 0 Å².